The number of benzene rings is 2. The monoisotopic (exact) mass is 510 g/mol. The van der Waals surface area contributed by atoms with E-state index in [2.05, 4.69) is 44.1 Å². The standard InChI is InChI=1S/C25H23BrN2O3S/c1-30-21-13-15(10-16(26)25(21)31-2)24-23-19(27-17-6-3-4-7-18(17)28-24)11-14(12-20(23)29)22-8-5-9-32-22/h3-10,13-14,24,27-28H,11-12H2,1-2H3/t14-,24-/m0/s1. The summed E-state index contributed by atoms with van der Waals surface area (Å²) < 4.78 is 11.9. The van der Waals surface area contributed by atoms with Crippen molar-refractivity contribution in [3.8, 4) is 11.5 Å². The van der Waals surface area contributed by atoms with Crippen molar-refractivity contribution >= 4 is 44.4 Å². The molecule has 0 spiro atoms. The van der Waals surface area contributed by atoms with Crippen LogP contribution in [0.25, 0.3) is 0 Å². The smallest absolute Gasteiger partial charge is 0.174 e. The summed E-state index contributed by atoms with van der Waals surface area (Å²) in [5.41, 5.74) is 4.63. The molecular weight excluding hydrogens is 488 g/mol. The lowest BCUT2D eigenvalue weighted by Crippen LogP contribution is -2.26. The predicted octanol–water partition coefficient (Wildman–Crippen LogP) is 6.51. The molecule has 1 aromatic heterocycles. The molecule has 164 valence electrons. The van der Waals surface area contributed by atoms with Crippen LogP contribution < -0.4 is 20.1 Å². The fourth-order valence-corrected chi connectivity index (χ4v) is 6.02. The number of carbonyl (C=O) groups is 1. The highest BCUT2D eigenvalue weighted by Gasteiger charge is 2.36. The summed E-state index contributed by atoms with van der Waals surface area (Å²) >= 11 is 5.32. The number of Topliss-reactive ketones (excluding diaryl/α,β-unsaturated/α-hetero) is 1. The van der Waals surface area contributed by atoms with E-state index in [1.165, 1.54) is 4.88 Å². The number of anilines is 2. The third-order valence-electron chi connectivity index (χ3n) is 6.04. The van der Waals surface area contributed by atoms with Gasteiger partial charge in [0, 0.05) is 28.5 Å². The van der Waals surface area contributed by atoms with E-state index in [4.69, 9.17) is 9.47 Å². The highest BCUT2D eigenvalue weighted by molar-refractivity contribution is 9.10. The Morgan fingerprint density at radius 3 is 2.56 bits per heavy atom. The number of rotatable bonds is 4. The fourth-order valence-electron chi connectivity index (χ4n) is 4.57. The van der Waals surface area contributed by atoms with E-state index in [1.54, 1.807) is 25.6 Å². The summed E-state index contributed by atoms with van der Waals surface area (Å²) in [6.45, 7) is 0. The summed E-state index contributed by atoms with van der Waals surface area (Å²) in [6.07, 6.45) is 1.30. The maximum absolute atomic E-state index is 13.6. The van der Waals surface area contributed by atoms with Gasteiger partial charge in [0.05, 0.1) is 36.1 Å². The van der Waals surface area contributed by atoms with Crippen LogP contribution in [-0.4, -0.2) is 20.0 Å². The van der Waals surface area contributed by atoms with E-state index in [0.29, 0.717) is 17.9 Å². The average Bonchev–Trinajstić information content (AvgIpc) is 3.27. The van der Waals surface area contributed by atoms with E-state index in [9.17, 15) is 4.79 Å². The van der Waals surface area contributed by atoms with Crippen LogP contribution in [0.5, 0.6) is 11.5 Å². The quantitative estimate of drug-likeness (QED) is 0.419. The number of thiophene rings is 1. The Morgan fingerprint density at radius 1 is 1.03 bits per heavy atom. The van der Waals surface area contributed by atoms with E-state index in [0.717, 1.165) is 39.1 Å². The van der Waals surface area contributed by atoms with Crippen molar-refractivity contribution in [3.63, 3.8) is 0 Å². The zero-order chi connectivity index (χ0) is 22.2. The van der Waals surface area contributed by atoms with Crippen LogP contribution in [-0.2, 0) is 4.79 Å². The Morgan fingerprint density at radius 2 is 1.84 bits per heavy atom. The van der Waals surface area contributed by atoms with Crippen molar-refractivity contribution in [2.45, 2.75) is 24.8 Å². The molecule has 0 saturated heterocycles. The molecule has 0 radical (unpaired) electrons. The van der Waals surface area contributed by atoms with Gasteiger partial charge in [0.2, 0.25) is 0 Å². The number of para-hydroxylation sites is 2. The van der Waals surface area contributed by atoms with Crippen LogP contribution in [0, 0.1) is 0 Å². The second kappa shape index (κ2) is 8.64. The van der Waals surface area contributed by atoms with E-state index in [-0.39, 0.29) is 17.7 Å². The molecule has 5 rings (SSSR count). The average molecular weight is 511 g/mol. The number of ether oxygens (including phenoxy) is 2. The highest BCUT2D eigenvalue weighted by Crippen LogP contribution is 2.47. The lowest BCUT2D eigenvalue weighted by atomic mass is 9.80. The minimum absolute atomic E-state index is 0.161. The number of hydrogen-bond acceptors (Lipinski definition) is 6. The number of allylic oxidation sites excluding steroid dienone is 1. The molecule has 2 heterocycles. The predicted molar refractivity (Wildman–Crippen MR) is 132 cm³/mol. The van der Waals surface area contributed by atoms with Crippen LogP contribution in [0.1, 0.15) is 35.2 Å². The molecule has 3 aromatic rings. The topological polar surface area (TPSA) is 59.6 Å². The van der Waals surface area contributed by atoms with Crippen LogP contribution in [0.3, 0.4) is 0 Å². The van der Waals surface area contributed by atoms with Crippen molar-refractivity contribution in [3.05, 3.63) is 80.1 Å². The van der Waals surface area contributed by atoms with Gasteiger partial charge in [0.15, 0.2) is 17.3 Å². The van der Waals surface area contributed by atoms with Crippen LogP contribution in [0.15, 0.2) is 69.7 Å². The molecule has 0 saturated carbocycles. The zero-order valence-electron chi connectivity index (χ0n) is 17.8. The van der Waals surface area contributed by atoms with Gasteiger partial charge in [-0.05, 0) is 63.6 Å². The van der Waals surface area contributed by atoms with Crippen molar-refractivity contribution in [1.29, 1.82) is 0 Å². The maximum Gasteiger partial charge on any atom is 0.174 e. The summed E-state index contributed by atoms with van der Waals surface area (Å²) in [4.78, 5) is 14.8. The lowest BCUT2D eigenvalue weighted by molar-refractivity contribution is -0.116. The van der Waals surface area contributed by atoms with Gasteiger partial charge in [-0.1, -0.05) is 18.2 Å². The first kappa shape index (κ1) is 21.1. The first-order chi connectivity index (χ1) is 15.6. The van der Waals surface area contributed by atoms with Gasteiger partial charge >= 0.3 is 0 Å². The molecule has 1 aliphatic carbocycles. The molecule has 0 fully saturated rings. The first-order valence-corrected chi connectivity index (χ1v) is 12.1. The minimum Gasteiger partial charge on any atom is -0.493 e. The molecule has 2 aromatic carbocycles. The normalized spacial score (nSPS) is 19.9. The molecular formula is C25H23BrN2O3S. The molecule has 0 amide bonds. The Balaban J connectivity index is 1.65. The number of nitrogens with one attached hydrogen (secondary N) is 2. The Hall–Kier alpha value is -2.77. The fraction of sp³-hybridized carbons (Fsp3) is 0.240. The van der Waals surface area contributed by atoms with E-state index >= 15 is 0 Å². The molecule has 7 heteroatoms. The van der Waals surface area contributed by atoms with Gasteiger partial charge in [-0.15, -0.1) is 11.3 Å². The SMILES string of the molecule is COc1cc([C@@H]2Nc3ccccc3NC3=C2C(=O)C[C@@H](c2cccs2)C3)cc(Br)c1OC. The number of hydrogen-bond donors (Lipinski definition) is 2. The minimum atomic E-state index is -0.311. The van der Waals surface area contributed by atoms with Crippen LogP contribution in [0.4, 0.5) is 11.4 Å². The molecule has 2 N–H and O–H groups in total. The van der Waals surface area contributed by atoms with Crippen LogP contribution >= 0.6 is 27.3 Å². The first-order valence-electron chi connectivity index (χ1n) is 10.4. The molecule has 0 bridgehead atoms. The number of methoxy groups -OCH3 is 2. The van der Waals surface area contributed by atoms with Gasteiger partial charge in [-0.3, -0.25) is 4.79 Å². The third-order valence-corrected chi connectivity index (χ3v) is 7.67. The van der Waals surface area contributed by atoms with Crippen molar-refractivity contribution in [1.82, 2.24) is 0 Å². The van der Waals surface area contributed by atoms with E-state index < -0.39 is 0 Å². The van der Waals surface area contributed by atoms with E-state index in [1.807, 2.05) is 36.4 Å². The second-order valence-corrected chi connectivity index (χ2v) is 9.76. The summed E-state index contributed by atoms with van der Waals surface area (Å²) in [5, 5.41) is 9.27. The largest absolute Gasteiger partial charge is 0.493 e. The third kappa shape index (κ3) is 3.69. The molecule has 2 atom stereocenters. The van der Waals surface area contributed by atoms with Crippen molar-refractivity contribution in [2.24, 2.45) is 0 Å². The Labute approximate surface area is 199 Å². The van der Waals surface area contributed by atoms with Gasteiger partial charge < -0.3 is 20.1 Å². The molecule has 1 aliphatic heterocycles. The number of ketones is 1. The van der Waals surface area contributed by atoms with Gasteiger partial charge in [-0.2, -0.15) is 0 Å². The molecule has 32 heavy (non-hydrogen) atoms. The Kier molecular flexibility index (Phi) is 5.69. The summed E-state index contributed by atoms with van der Waals surface area (Å²) in [5.74, 6) is 1.60. The number of carbonyl (C=O) groups excluding carboxylic acids is 1. The second-order valence-electron chi connectivity index (χ2n) is 7.92. The van der Waals surface area contributed by atoms with Crippen molar-refractivity contribution in [2.75, 3.05) is 24.9 Å². The summed E-state index contributed by atoms with van der Waals surface area (Å²) in [7, 11) is 3.23. The van der Waals surface area contributed by atoms with Gasteiger partial charge in [0.25, 0.3) is 0 Å². The highest BCUT2D eigenvalue weighted by atomic mass is 79.9. The molecule has 2 aliphatic rings. The number of fused-ring (bicyclic) bond motifs is 1. The van der Waals surface area contributed by atoms with Crippen molar-refractivity contribution < 1.29 is 14.3 Å². The molecule has 0 unspecified atom stereocenters. The Bertz CT molecular complexity index is 1210. The number of halogens is 1. The van der Waals surface area contributed by atoms with Crippen LogP contribution in [0.2, 0.25) is 0 Å². The lowest BCUT2D eigenvalue weighted by Gasteiger charge is -2.29. The van der Waals surface area contributed by atoms with Gasteiger partial charge in [0.1, 0.15) is 0 Å². The van der Waals surface area contributed by atoms with Gasteiger partial charge in [-0.25, -0.2) is 0 Å². The summed E-state index contributed by atoms with van der Waals surface area (Å²) in [6, 6.07) is 15.9. The zero-order valence-corrected chi connectivity index (χ0v) is 20.2. The maximum atomic E-state index is 13.6. The molecule has 5 nitrogen and oxygen atoms in total.